The van der Waals surface area contributed by atoms with Crippen LogP contribution in [0.2, 0.25) is 0 Å². The van der Waals surface area contributed by atoms with Crippen LogP contribution < -0.4 is 0 Å². The fourth-order valence-corrected chi connectivity index (χ4v) is 6.37. The number of aliphatic hydroxyl groups is 2. The highest BCUT2D eigenvalue weighted by molar-refractivity contribution is 8.01. The van der Waals surface area contributed by atoms with Gasteiger partial charge in [0.2, 0.25) is 5.91 Å². The lowest BCUT2D eigenvalue weighted by atomic mass is 9.87. The number of aliphatic hydroxyl groups excluding tert-OH is 2. The monoisotopic (exact) mass is 498 g/mol. The average Bonchev–Trinajstić information content (AvgIpc) is 3.10. The van der Waals surface area contributed by atoms with Crippen molar-refractivity contribution in [3.63, 3.8) is 0 Å². The van der Waals surface area contributed by atoms with Crippen molar-refractivity contribution >= 4 is 29.5 Å². The van der Waals surface area contributed by atoms with Gasteiger partial charge in [0.05, 0.1) is 12.0 Å². The molecular formula is C26H30N2O6S. The first-order valence-corrected chi connectivity index (χ1v) is 12.4. The van der Waals surface area contributed by atoms with Gasteiger partial charge in [0, 0.05) is 17.8 Å². The Kier molecular flexibility index (Phi) is 7.49. The van der Waals surface area contributed by atoms with Gasteiger partial charge in [0.1, 0.15) is 24.7 Å². The zero-order chi connectivity index (χ0) is 25.2. The van der Waals surface area contributed by atoms with Gasteiger partial charge in [-0.1, -0.05) is 60.7 Å². The fourth-order valence-electron chi connectivity index (χ4n) is 4.65. The maximum atomic E-state index is 13.1. The summed E-state index contributed by atoms with van der Waals surface area (Å²) in [6.07, 6.45) is -1.57. The molecule has 8 nitrogen and oxygen atoms in total. The minimum Gasteiger partial charge on any atom is -0.459 e. The molecule has 4 rings (SSSR count). The summed E-state index contributed by atoms with van der Waals surface area (Å²) in [4.78, 5) is 42.0. The molecule has 35 heavy (non-hydrogen) atoms. The van der Waals surface area contributed by atoms with Crippen LogP contribution in [0.4, 0.5) is 0 Å². The van der Waals surface area contributed by atoms with E-state index in [1.54, 1.807) is 0 Å². The summed E-state index contributed by atoms with van der Waals surface area (Å²) in [6, 6.07) is 17.7. The molecule has 2 saturated heterocycles. The summed E-state index contributed by atoms with van der Waals surface area (Å²) in [7, 11) is 0. The highest BCUT2D eigenvalue weighted by atomic mass is 32.2. The molecule has 2 aliphatic rings. The molecule has 186 valence electrons. The van der Waals surface area contributed by atoms with Crippen LogP contribution in [0.5, 0.6) is 0 Å². The quantitative estimate of drug-likeness (QED) is 0.401. The second-order valence-corrected chi connectivity index (χ2v) is 11.1. The Morgan fingerprint density at radius 1 is 1.09 bits per heavy atom. The summed E-state index contributed by atoms with van der Waals surface area (Å²) in [5.41, 5.74) is 1.69. The SMILES string of the molecule is CC1(C)S[C@@H]2[C@H]([C@H](O)C(=O)N(CCO)Cc3ccccc3)C(=O)N2[C@H]1C(=O)OCc1ccccc1. The van der Waals surface area contributed by atoms with E-state index in [0.717, 1.165) is 11.1 Å². The summed E-state index contributed by atoms with van der Waals surface area (Å²) >= 11 is 1.39. The van der Waals surface area contributed by atoms with Crippen LogP contribution >= 0.6 is 11.8 Å². The van der Waals surface area contributed by atoms with Gasteiger partial charge in [-0.2, -0.15) is 0 Å². The smallest absolute Gasteiger partial charge is 0.330 e. The van der Waals surface area contributed by atoms with Crippen molar-refractivity contribution in [2.24, 2.45) is 5.92 Å². The van der Waals surface area contributed by atoms with Crippen LogP contribution in [0.15, 0.2) is 60.7 Å². The number of esters is 1. The number of nitrogens with zero attached hydrogens (tertiary/aromatic N) is 2. The predicted molar refractivity (Wildman–Crippen MR) is 131 cm³/mol. The van der Waals surface area contributed by atoms with E-state index in [4.69, 9.17) is 4.74 Å². The molecule has 9 heteroatoms. The molecule has 0 spiro atoms. The number of benzene rings is 2. The van der Waals surface area contributed by atoms with Crippen molar-refractivity contribution in [2.45, 2.75) is 49.3 Å². The summed E-state index contributed by atoms with van der Waals surface area (Å²) in [5.74, 6) is -2.53. The van der Waals surface area contributed by atoms with E-state index in [9.17, 15) is 24.6 Å². The Labute approximate surface area is 208 Å². The summed E-state index contributed by atoms with van der Waals surface area (Å²) < 4.78 is 4.86. The number of hydrogen-bond donors (Lipinski definition) is 2. The number of hydrogen-bond acceptors (Lipinski definition) is 7. The number of thioether (sulfide) groups is 1. The first-order valence-electron chi connectivity index (χ1n) is 11.6. The van der Waals surface area contributed by atoms with Gasteiger partial charge < -0.3 is 24.7 Å². The molecule has 2 aromatic carbocycles. The molecular weight excluding hydrogens is 468 g/mol. The molecule has 0 unspecified atom stereocenters. The lowest BCUT2D eigenvalue weighted by Crippen LogP contribution is -2.67. The van der Waals surface area contributed by atoms with Gasteiger partial charge in [-0.25, -0.2) is 4.79 Å². The molecule has 0 aromatic heterocycles. The molecule has 2 fully saturated rings. The third kappa shape index (κ3) is 5.07. The first kappa shape index (κ1) is 25.2. The van der Waals surface area contributed by atoms with Gasteiger partial charge in [-0.05, 0) is 25.0 Å². The van der Waals surface area contributed by atoms with E-state index in [1.807, 2.05) is 74.5 Å². The number of amides is 2. The van der Waals surface area contributed by atoms with Crippen LogP contribution in [0.1, 0.15) is 25.0 Å². The van der Waals surface area contributed by atoms with Crippen LogP contribution in [0.25, 0.3) is 0 Å². The second-order valence-electron chi connectivity index (χ2n) is 9.29. The van der Waals surface area contributed by atoms with E-state index < -0.39 is 46.0 Å². The third-order valence-electron chi connectivity index (χ3n) is 6.42. The Balaban J connectivity index is 1.44. The molecule has 0 aliphatic carbocycles. The average molecular weight is 499 g/mol. The second kappa shape index (κ2) is 10.4. The zero-order valence-electron chi connectivity index (χ0n) is 19.7. The van der Waals surface area contributed by atoms with Crippen molar-refractivity contribution in [3.05, 3.63) is 71.8 Å². The molecule has 0 bridgehead atoms. The lowest BCUT2D eigenvalue weighted by Gasteiger charge is -2.45. The van der Waals surface area contributed by atoms with Crippen LogP contribution in [-0.2, 0) is 32.3 Å². The number of ether oxygens (including phenoxy) is 1. The van der Waals surface area contributed by atoms with Crippen LogP contribution in [-0.4, -0.2) is 73.2 Å². The van der Waals surface area contributed by atoms with Crippen molar-refractivity contribution in [1.82, 2.24) is 9.80 Å². The zero-order valence-corrected chi connectivity index (χ0v) is 20.6. The molecule has 2 amide bonds. The van der Waals surface area contributed by atoms with E-state index in [1.165, 1.54) is 21.6 Å². The van der Waals surface area contributed by atoms with Crippen molar-refractivity contribution in [3.8, 4) is 0 Å². The maximum Gasteiger partial charge on any atom is 0.330 e. The summed E-state index contributed by atoms with van der Waals surface area (Å²) in [6.45, 7) is 3.79. The predicted octanol–water partition coefficient (Wildman–Crippen LogP) is 1.79. The summed E-state index contributed by atoms with van der Waals surface area (Å²) in [5, 5.41) is 19.9. The molecule has 2 N–H and O–H groups in total. The molecule has 0 saturated carbocycles. The third-order valence-corrected chi connectivity index (χ3v) is 8.01. The largest absolute Gasteiger partial charge is 0.459 e. The number of β-lactam (4-membered cyclic amide) rings is 1. The van der Waals surface area contributed by atoms with Gasteiger partial charge in [-0.3, -0.25) is 9.59 Å². The molecule has 0 radical (unpaired) electrons. The fraction of sp³-hybridized carbons (Fsp3) is 0.423. The Bertz CT molecular complexity index is 1060. The Morgan fingerprint density at radius 2 is 1.69 bits per heavy atom. The van der Waals surface area contributed by atoms with Gasteiger partial charge in [-0.15, -0.1) is 11.8 Å². The van der Waals surface area contributed by atoms with E-state index in [0.29, 0.717) is 0 Å². The molecule has 2 heterocycles. The van der Waals surface area contributed by atoms with Gasteiger partial charge in [0.25, 0.3) is 5.91 Å². The number of rotatable bonds is 9. The van der Waals surface area contributed by atoms with E-state index >= 15 is 0 Å². The number of carbonyl (C=O) groups is 3. The van der Waals surface area contributed by atoms with Crippen molar-refractivity contribution in [1.29, 1.82) is 0 Å². The van der Waals surface area contributed by atoms with E-state index in [2.05, 4.69) is 0 Å². The van der Waals surface area contributed by atoms with Crippen molar-refractivity contribution < 1.29 is 29.3 Å². The number of carbonyl (C=O) groups excluding carboxylic acids is 3. The molecule has 4 atom stereocenters. The Morgan fingerprint density at radius 3 is 2.29 bits per heavy atom. The van der Waals surface area contributed by atoms with Gasteiger partial charge in [0.15, 0.2) is 0 Å². The minimum absolute atomic E-state index is 0.0349. The van der Waals surface area contributed by atoms with Crippen LogP contribution in [0.3, 0.4) is 0 Å². The minimum atomic E-state index is -1.57. The topological polar surface area (TPSA) is 107 Å². The normalized spacial score (nSPS) is 23.3. The molecule has 2 aliphatic heterocycles. The lowest BCUT2D eigenvalue weighted by molar-refractivity contribution is -0.175. The first-order chi connectivity index (χ1) is 16.7. The van der Waals surface area contributed by atoms with Gasteiger partial charge >= 0.3 is 5.97 Å². The standard InChI is InChI=1S/C26H30N2O6S/c1-26(2)21(25(33)34-16-18-11-7-4-8-12-18)28-22(31)19(24(28)35-26)20(30)23(32)27(13-14-29)15-17-9-5-3-6-10-17/h3-12,19-21,24,29-30H,13-16H2,1-2H3/t19-,20+,21+,24-/m1/s1. The highest BCUT2D eigenvalue weighted by Gasteiger charge is 2.66. The van der Waals surface area contributed by atoms with E-state index in [-0.39, 0.29) is 26.3 Å². The highest BCUT2D eigenvalue weighted by Crippen LogP contribution is 2.54. The number of fused-ring (bicyclic) bond motifs is 1. The van der Waals surface area contributed by atoms with Crippen molar-refractivity contribution in [2.75, 3.05) is 13.2 Å². The molecule has 2 aromatic rings. The maximum absolute atomic E-state index is 13.1. The van der Waals surface area contributed by atoms with Crippen LogP contribution in [0, 0.1) is 5.92 Å². The Hall–Kier alpha value is -2.88.